The number of rotatable bonds is 4. The van der Waals surface area contributed by atoms with Gasteiger partial charge in [-0.3, -0.25) is 4.79 Å². The van der Waals surface area contributed by atoms with E-state index in [9.17, 15) is 4.79 Å². The zero-order valence-corrected chi connectivity index (χ0v) is 15.6. The van der Waals surface area contributed by atoms with Crippen LogP contribution in [-0.2, 0) is 6.42 Å². The van der Waals surface area contributed by atoms with Crippen LogP contribution in [0.4, 0.5) is 17.3 Å². The SMILES string of the molecule is [C-]#[N+]c1cn(C(CC)CC)c(=O)c(N2CCc3cc(Cl)cc(Cl)c32)n1. The van der Waals surface area contributed by atoms with Gasteiger partial charge in [0, 0.05) is 23.8 Å². The molecule has 2 aromatic rings. The number of anilines is 2. The fourth-order valence-corrected chi connectivity index (χ4v) is 3.97. The number of benzene rings is 1. The van der Waals surface area contributed by atoms with Crippen molar-refractivity contribution in [3.8, 4) is 0 Å². The van der Waals surface area contributed by atoms with E-state index in [2.05, 4.69) is 9.83 Å². The molecule has 0 bridgehead atoms. The summed E-state index contributed by atoms with van der Waals surface area (Å²) in [6.07, 6.45) is 3.90. The van der Waals surface area contributed by atoms with Crippen molar-refractivity contribution in [3.63, 3.8) is 0 Å². The van der Waals surface area contributed by atoms with Gasteiger partial charge >= 0.3 is 5.56 Å². The van der Waals surface area contributed by atoms with Crippen LogP contribution in [-0.4, -0.2) is 16.1 Å². The van der Waals surface area contributed by atoms with Crippen LogP contribution in [0.15, 0.2) is 23.1 Å². The molecule has 0 atom stereocenters. The van der Waals surface area contributed by atoms with Gasteiger partial charge in [-0.25, -0.2) is 0 Å². The van der Waals surface area contributed by atoms with Crippen LogP contribution in [0.1, 0.15) is 38.3 Å². The second-order valence-corrected chi connectivity index (χ2v) is 6.86. The van der Waals surface area contributed by atoms with Crippen LogP contribution in [0, 0.1) is 6.57 Å². The average molecular weight is 377 g/mol. The summed E-state index contributed by atoms with van der Waals surface area (Å²) in [6, 6.07) is 3.57. The van der Waals surface area contributed by atoms with Crippen molar-refractivity contribution in [3.05, 3.63) is 55.7 Å². The van der Waals surface area contributed by atoms with E-state index in [1.165, 1.54) is 0 Å². The molecule has 0 spiro atoms. The quantitative estimate of drug-likeness (QED) is 0.692. The zero-order chi connectivity index (χ0) is 18.1. The van der Waals surface area contributed by atoms with Gasteiger partial charge in [-0.05, 0) is 37.0 Å². The van der Waals surface area contributed by atoms with E-state index in [-0.39, 0.29) is 23.2 Å². The Morgan fingerprint density at radius 2 is 2.04 bits per heavy atom. The standard InChI is InChI=1S/C18H18Cl2N4O/c1-4-13(5-2)24-10-15(21-3)22-17(18(24)25)23-7-6-11-8-12(19)9-14(20)16(11)23/h8-10,13H,4-7H2,1-2H3. The molecule has 3 rings (SSSR count). The van der Waals surface area contributed by atoms with Crippen LogP contribution in [0.3, 0.4) is 0 Å². The van der Waals surface area contributed by atoms with E-state index in [0.717, 1.165) is 30.5 Å². The minimum atomic E-state index is -0.194. The van der Waals surface area contributed by atoms with E-state index in [4.69, 9.17) is 29.8 Å². The third-order valence-corrected chi connectivity index (χ3v) is 5.10. The third kappa shape index (κ3) is 3.12. The van der Waals surface area contributed by atoms with Gasteiger partial charge < -0.3 is 14.3 Å². The van der Waals surface area contributed by atoms with Crippen molar-refractivity contribution in [1.29, 1.82) is 0 Å². The molecule has 0 unspecified atom stereocenters. The van der Waals surface area contributed by atoms with E-state index >= 15 is 0 Å². The van der Waals surface area contributed by atoms with Gasteiger partial charge in [0.2, 0.25) is 0 Å². The molecule has 1 aromatic carbocycles. The zero-order valence-electron chi connectivity index (χ0n) is 14.1. The molecule has 0 saturated carbocycles. The minimum absolute atomic E-state index is 0.0394. The topological polar surface area (TPSA) is 42.5 Å². The number of hydrogen-bond donors (Lipinski definition) is 0. The number of nitrogens with zero attached hydrogens (tertiary/aromatic N) is 4. The summed E-state index contributed by atoms with van der Waals surface area (Å²) in [5.41, 5.74) is 1.55. The first-order chi connectivity index (χ1) is 12.0. The van der Waals surface area contributed by atoms with E-state index < -0.39 is 0 Å². The molecule has 0 aliphatic carbocycles. The number of fused-ring (bicyclic) bond motifs is 1. The molecule has 0 N–H and O–H groups in total. The predicted octanol–water partition coefficient (Wildman–Crippen LogP) is 5.16. The fourth-order valence-electron chi connectivity index (χ4n) is 3.33. The smallest absolute Gasteiger partial charge is 0.317 e. The summed E-state index contributed by atoms with van der Waals surface area (Å²) in [5.74, 6) is 0.461. The first-order valence-corrected chi connectivity index (χ1v) is 9.01. The maximum atomic E-state index is 13.1. The molecule has 0 fully saturated rings. The monoisotopic (exact) mass is 376 g/mol. The highest BCUT2D eigenvalue weighted by atomic mass is 35.5. The van der Waals surface area contributed by atoms with Gasteiger partial charge in [-0.1, -0.05) is 48.6 Å². The summed E-state index contributed by atoms with van der Waals surface area (Å²) in [7, 11) is 0. The Hall–Kier alpha value is -2.03. The van der Waals surface area contributed by atoms with Gasteiger partial charge in [0.15, 0.2) is 0 Å². The van der Waals surface area contributed by atoms with Crippen LogP contribution in [0.2, 0.25) is 10.0 Å². The molecule has 1 aliphatic heterocycles. The maximum Gasteiger partial charge on any atom is 0.317 e. The lowest BCUT2D eigenvalue weighted by Crippen LogP contribution is -2.31. The Labute approximate surface area is 156 Å². The predicted molar refractivity (Wildman–Crippen MR) is 102 cm³/mol. The van der Waals surface area contributed by atoms with Crippen molar-refractivity contribution in [2.75, 3.05) is 11.4 Å². The fraction of sp³-hybridized carbons (Fsp3) is 0.389. The summed E-state index contributed by atoms with van der Waals surface area (Å²) < 4.78 is 1.64. The van der Waals surface area contributed by atoms with Gasteiger partial charge in [-0.15, -0.1) is 0 Å². The molecule has 25 heavy (non-hydrogen) atoms. The highest BCUT2D eigenvalue weighted by Gasteiger charge is 2.30. The number of halogens is 2. The van der Waals surface area contributed by atoms with E-state index in [0.29, 0.717) is 16.6 Å². The first kappa shape index (κ1) is 17.8. The number of hydrogen-bond acceptors (Lipinski definition) is 3. The lowest BCUT2D eigenvalue weighted by molar-refractivity contribution is 0.457. The van der Waals surface area contributed by atoms with Crippen LogP contribution in [0.25, 0.3) is 4.85 Å². The Bertz CT molecular complexity index is 913. The third-order valence-electron chi connectivity index (χ3n) is 4.59. The van der Waals surface area contributed by atoms with Gasteiger partial charge in [0.1, 0.15) is 0 Å². The van der Waals surface area contributed by atoms with Gasteiger partial charge in [-0.2, -0.15) is 0 Å². The Morgan fingerprint density at radius 3 is 2.68 bits per heavy atom. The Morgan fingerprint density at radius 1 is 1.32 bits per heavy atom. The summed E-state index contributed by atoms with van der Waals surface area (Å²) in [5, 5.41) is 1.06. The Balaban J connectivity index is 2.19. The first-order valence-electron chi connectivity index (χ1n) is 8.26. The number of aromatic nitrogens is 2. The molecule has 130 valence electrons. The lowest BCUT2D eigenvalue weighted by atomic mass is 10.1. The van der Waals surface area contributed by atoms with Crippen molar-refractivity contribution in [2.45, 2.75) is 39.2 Å². The van der Waals surface area contributed by atoms with Crippen LogP contribution in [0.5, 0.6) is 0 Å². The van der Waals surface area contributed by atoms with Crippen molar-refractivity contribution in [2.24, 2.45) is 0 Å². The van der Waals surface area contributed by atoms with Gasteiger partial charge in [0.25, 0.3) is 11.6 Å². The molecule has 0 radical (unpaired) electrons. The maximum absolute atomic E-state index is 13.1. The largest absolute Gasteiger partial charge is 0.359 e. The van der Waals surface area contributed by atoms with Crippen molar-refractivity contribution < 1.29 is 0 Å². The molecule has 7 heteroatoms. The highest BCUT2D eigenvalue weighted by Crippen LogP contribution is 2.40. The van der Waals surface area contributed by atoms with Crippen LogP contribution >= 0.6 is 23.2 Å². The summed E-state index contributed by atoms with van der Waals surface area (Å²) in [6.45, 7) is 12.0. The molecule has 2 heterocycles. The second-order valence-electron chi connectivity index (χ2n) is 6.01. The molecular formula is C18H18Cl2N4O. The van der Waals surface area contributed by atoms with Crippen LogP contribution < -0.4 is 10.5 Å². The van der Waals surface area contributed by atoms with Crippen molar-refractivity contribution >= 4 is 40.5 Å². The van der Waals surface area contributed by atoms with Gasteiger partial charge in [0.05, 0.1) is 10.7 Å². The molecule has 1 aromatic heterocycles. The van der Waals surface area contributed by atoms with Crippen molar-refractivity contribution in [1.82, 2.24) is 9.55 Å². The molecular weight excluding hydrogens is 359 g/mol. The van der Waals surface area contributed by atoms with E-state index in [1.54, 1.807) is 16.8 Å². The molecule has 0 amide bonds. The summed E-state index contributed by atoms with van der Waals surface area (Å²) >= 11 is 12.5. The molecule has 0 saturated heterocycles. The second kappa shape index (κ2) is 7.07. The minimum Gasteiger partial charge on any atom is -0.359 e. The van der Waals surface area contributed by atoms with E-state index in [1.807, 2.05) is 24.8 Å². The Kier molecular flexibility index (Phi) is 5.03. The molecule has 1 aliphatic rings. The average Bonchev–Trinajstić information content (AvgIpc) is 3.01. The normalized spacial score (nSPS) is 13.2. The molecule has 5 nitrogen and oxygen atoms in total. The highest BCUT2D eigenvalue weighted by molar-refractivity contribution is 6.36. The lowest BCUT2D eigenvalue weighted by Gasteiger charge is -2.21. The summed E-state index contributed by atoms with van der Waals surface area (Å²) in [4.78, 5) is 22.6.